The summed E-state index contributed by atoms with van der Waals surface area (Å²) in [5.41, 5.74) is 22.5. The number of phenols is 1. The molecule has 5 atom stereocenters. The Morgan fingerprint density at radius 1 is 0.452 bits per heavy atom. The summed E-state index contributed by atoms with van der Waals surface area (Å²) in [4.78, 5) is 46.9. The standard InChI is InChI=1S/C26H24ClN3O3.C20H19ClN2O3.C20H21ClN2.C17H13BrF2N2.C17H13ClF2N2/c1-32-19-9-6-16(7-10-19)25-24-21(22-14-17(27)8-11-23(22)29-24)12-13-30(25)26(31)28-18-4-3-5-20(15-18)33-2;1-2-26-20(25)23-9-8-15-16-11-13(21)6-7-17(16)22-18(15)19(23)12-4-3-5-14(24)10-12;1-12(2)13-3-5-14(6-4-13)19-20-16(9-10-22-19)17-11-15(21)7-8-18(17)23-20;2*18-9-1-4-15-13(7-9)11-5-6-21-16(17(11)22-15)12-3-2-10(19)8-14(12)20/h3-11,14-15,25,29H,12-13H2,1-2H3,(H,28,31);3-7,10-11,19,22,24H,2,8-9H2,1H3;3-8,11-12,19,22-23H,9-10H2,1-2H3;2*1-4,7-8,16,21-22H,5-6H2. The number of nitrogens with one attached hydrogen (secondary N) is 9. The van der Waals surface area contributed by atoms with Crippen LogP contribution in [0.2, 0.25) is 20.1 Å². The minimum atomic E-state index is -0.569. The summed E-state index contributed by atoms with van der Waals surface area (Å²) in [6.07, 6.45) is 3.84. The first-order valence-electron chi connectivity index (χ1n) is 41.8. The number of anilines is 1. The van der Waals surface area contributed by atoms with Crippen LogP contribution in [0.5, 0.6) is 17.2 Å². The van der Waals surface area contributed by atoms with Gasteiger partial charge in [-0.05, 0) is 235 Å². The van der Waals surface area contributed by atoms with E-state index in [0.717, 1.165) is 161 Å². The second-order valence-electron chi connectivity index (χ2n) is 32.0. The zero-order valence-electron chi connectivity index (χ0n) is 69.4. The molecule has 0 saturated carbocycles. The number of aromatic amines is 5. The number of carbonyl (C=O) groups is 2. The van der Waals surface area contributed by atoms with Gasteiger partial charge in [0.05, 0.1) is 45.0 Å². The third-order valence-electron chi connectivity index (χ3n) is 24.1. The lowest BCUT2D eigenvalue weighted by molar-refractivity contribution is 0.0931. The summed E-state index contributed by atoms with van der Waals surface area (Å²) in [6.45, 7) is 10.1. The monoisotopic (exact) mass is 1840 g/mol. The highest BCUT2D eigenvalue weighted by molar-refractivity contribution is 9.10. The molecule has 16 aromatic rings. The van der Waals surface area contributed by atoms with Gasteiger partial charge >= 0.3 is 12.1 Å². The van der Waals surface area contributed by atoms with E-state index in [1.165, 1.54) is 68.7 Å². The van der Waals surface area contributed by atoms with E-state index in [4.69, 9.17) is 60.6 Å². The third-order valence-corrected chi connectivity index (χ3v) is 25.5. The van der Waals surface area contributed by atoms with Crippen molar-refractivity contribution >= 4 is 135 Å². The predicted octanol–water partition coefficient (Wildman–Crippen LogP) is 24.6. The molecular weight excluding hydrogens is 1750 g/mol. The van der Waals surface area contributed by atoms with Crippen LogP contribution >= 0.6 is 62.3 Å². The molecule has 0 saturated heterocycles. The van der Waals surface area contributed by atoms with E-state index in [0.29, 0.717) is 69.7 Å². The van der Waals surface area contributed by atoms with Crippen LogP contribution in [-0.2, 0) is 36.8 Å². The zero-order chi connectivity index (χ0) is 87.7. The number of H-pyrrole nitrogens is 5. The van der Waals surface area contributed by atoms with Crippen LogP contribution in [0.4, 0.5) is 32.8 Å². The average molecular weight is 1840 g/mol. The van der Waals surface area contributed by atoms with Gasteiger partial charge < -0.3 is 70.4 Å². The highest BCUT2D eigenvalue weighted by Crippen LogP contribution is 2.45. The molecule has 5 aliphatic heterocycles. The van der Waals surface area contributed by atoms with Crippen LogP contribution in [0.15, 0.2) is 229 Å². The number of nitrogens with zero attached hydrogens (tertiary/aromatic N) is 2. The van der Waals surface area contributed by atoms with Gasteiger partial charge in [0.15, 0.2) is 0 Å². The normalized spacial score (nSPS) is 16.8. The van der Waals surface area contributed by atoms with Gasteiger partial charge in [-0.1, -0.05) is 143 Å². The fourth-order valence-electron chi connectivity index (χ4n) is 18.2. The Morgan fingerprint density at radius 3 is 1.35 bits per heavy atom. The number of phenolic OH excluding ortho intramolecular Hbond substituents is 1. The van der Waals surface area contributed by atoms with Crippen molar-refractivity contribution in [3.05, 3.63) is 362 Å². The lowest BCUT2D eigenvalue weighted by atomic mass is 9.92. The van der Waals surface area contributed by atoms with Gasteiger partial charge in [0, 0.05) is 175 Å². The molecule has 21 rings (SSSR count). The highest BCUT2D eigenvalue weighted by atomic mass is 79.9. The van der Waals surface area contributed by atoms with E-state index in [1.54, 1.807) is 50.3 Å². The van der Waals surface area contributed by atoms with Gasteiger partial charge in [-0.3, -0.25) is 4.90 Å². The van der Waals surface area contributed by atoms with E-state index >= 15 is 0 Å². The minimum absolute atomic E-state index is 0.164. The molecule has 0 fully saturated rings. The zero-order valence-corrected chi connectivity index (χ0v) is 74.0. The largest absolute Gasteiger partial charge is 0.508 e. The number of urea groups is 1. The summed E-state index contributed by atoms with van der Waals surface area (Å²) < 4.78 is 71.5. The average Bonchev–Trinajstić information content (AvgIpc) is 1.60. The predicted molar refractivity (Wildman–Crippen MR) is 498 cm³/mol. The number of benzene rings is 11. The van der Waals surface area contributed by atoms with Crippen LogP contribution in [0, 0.1) is 23.3 Å². The number of aromatic hydroxyl groups is 1. The highest BCUT2D eigenvalue weighted by Gasteiger charge is 2.39. The number of hydrogen-bond donors (Lipinski definition) is 10. The number of rotatable bonds is 10. The van der Waals surface area contributed by atoms with Crippen molar-refractivity contribution < 1.29 is 46.5 Å². The SMILES string of the molecule is CC(C)c1ccc(C2NCCc3c2[nH]c2ccc(Cl)cc32)cc1.CCOC(=O)N1CCc2c([nH]c3ccc(Cl)cc23)C1c1cccc(O)c1.COc1ccc(C2c3[nH]c4ccc(Cl)cc4c3CCN2C(=O)Nc2cccc(OC)c2)cc1.Fc1ccc(C2NCCc3c2[nH]c2ccc(Br)cc32)c(F)c1.Fc1ccc(C2NCCc3c2[nH]c2ccc(Cl)cc32)c(F)c1. The maximum atomic E-state index is 14.1. The second-order valence-corrected chi connectivity index (χ2v) is 34.7. The topological polar surface area (TPSA) is 216 Å². The quantitative estimate of drug-likeness (QED) is 0.0589. The molecule has 0 aliphatic carbocycles. The summed E-state index contributed by atoms with van der Waals surface area (Å²) in [5, 5.41) is 31.7. The van der Waals surface area contributed by atoms with Crippen molar-refractivity contribution in [3.63, 3.8) is 0 Å². The van der Waals surface area contributed by atoms with E-state index in [1.807, 2.05) is 126 Å². The summed E-state index contributed by atoms with van der Waals surface area (Å²) in [7, 11) is 3.25. The van der Waals surface area contributed by atoms with Gasteiger partial charge in [0.2, 0.25) is 0 Å². The van der Waals surface area contributed by atoms with Gasteiger partial charge in [-0.25, -0.2) is 27.2 Å². The number of ether oxygens (including phenoxy) is 3. The maximum absolute atomic E-state index is 14.1. The molecule has 3 amide bonds. The van der Waals surface area contributed by atoms with Gasteiger partial charge in [-0.15, -0.1) is 0 Å². The van der Waals surface area contributed by atoms with Gasteiger partial charge in [-0.2, -0.15) is 0 Å². The van der Waals surface area contributed by atoms with Crippen molar-refractivity contribution in [1.82, 2.24) is 50.7 Å². The Bertz CT molecular complexity index is 6610. The molecule has 26 heteroatoms. The van der Waals surface area contributed by atoms with Crippen LogP contribution in [0.25, 0.3) is 54.5 Å². The molecule has 0 spiro atoms. The van der Waals surface area contributed by atoms with Crippen molar-refractivity contribution in [2.45, 2.75) is 89.0 Å². The number of aromatic nitrogens is 5. The molecule has 126 heavy (non-hydrogen) atoms. The summed E-state index contributed by atoms with van der Waals surface area (Å²) in [6, 6.07) is 66.9. The van der Waals surface area contributed by atoms with Crippen molar-refractivity contribution in [3.8, 4) is 17.2 Å². The van der Waals surface area contributed by atoms with Crippen LogP contribution in [0.1, 0.15) is 147 Å². The molecular formula is C100H90BrCl4F4N11O6. The molecule has 11 aromatic carbocycles. The van der Waals surface area contributed by atoms with E-state index in [-0.39, 0.29) is 48.1 Å². The third kappa shape index (κ3) is 18.0. The Kier molecular flexibility index (Phi) is 25.7. The maximum Gasteiger partial charge on any atom is 0.410 e. The molecule has 644 valence electrons. The number of halogens is 9. The number of hydrogen-bond acceptors (Lipinski definition) is 9. The number of fused-ring (bicyclic) bond motifs is 15. The first-order valence-corrected chi connectivity index (χ1v) is 44.1. The molecule has 10 heterocycles. The molecule has 5 aromatic heterocycles. The molecule has 5 unspecified atom stereocenters. The van der Waals surface area contributed by atoms with E-state index < -0.39 is 23.3 Å². The first-order chi connectivity index (χ1) is 61.0. The van der Waals surface area contributed by atoms with Crippen LogP contribution < -0.4 is 30.7 Å². The number of methoxy groups -OCH3 is 2. The van der Waals surface area contributed by atoms with E-state index in [2.05, 4.69) is 118 Å². The van der Waals surface area contributed by atoms with Crippen LogP contribution in [0.3, 0.4) is 0 Å². The molecule has 5 aliphatic rings. The van der Waals surface area contributed by atoms with Gasteiger partial charge in [0.25, 0.3) is 0 Å². The van der Waals surface area contributed by atoms with Crippen molar-refractivity contribution in [2.75, 3.05) is 58.9 Å². The Morgan fingerprint density at radius 2 is 0.881 bits per heavy atom. The summed E-state index contributed by atoms with van der Waals surface area (Å²) in [5.74, 6) is -0.00365. The fourth-order valence-corrected chi connectivity index (χ4v) is 19.2. The fraction of sp³-hybridized carbons (Fsp3) is 0.220. The molecule has 0 radical (unpaired) electrons. The van der Waals surface area contributed by atoms with Crippen LogP contribution in [-0.4, -0.2) is 106 Å². The lowest BCUT2D eigenvalue weighted by Gasteiger charge is -2.36. The minimum Gasteiger partial charge on any atom is -0.508 e. The molecule has 0 bridgehead atoms. The Balaban J connectivity index is 0.000000112. The van der Waals surface area contributed by atoms with Crippen molar-refractivity contribution in [1.29, 1.82) is 0 Å². The van der Waals surface area contributed by atoms with Crippen molar-refractivity contribution in [2.24, 2.45) is 0 Å². The number of carbonyl (C=O) groups excluding carboxylic acids is 2. The number of amides is 3. The second kappa shape index (κ2) is 37.5. The molecule has 17 nitrogen and oxygen atoms in total. The lowest BCUT2D eigenvalue weighted by Crippen LogP contribution is -2.43. The van der Waals surface area contributed by atoms with E-state index in [9.17, 15) is 32.3 Å². The smallest absolute Gasteiger partial charge is 0.410 e. The Labute approximate surface area is 753 Å². The Hall–Kier alpha value is -11.7. The van der Waals surface area contributed by atoms with Gasteiger partial charge in [0.1, 0.15) is 46.6 Å². The first kappa shape index (κ1) is 86.4. The molecule has 10 N–H and O–H groups in total. The summed E-state index contributed by atoms with van der Waals surface area (Å²) >= 11 is 28.2.